The van der Waals surface area contributed by atoms with Crippen molar-refractivity contribution >= 4 is 39.8 Å². The van der Waals surface area contributed by atoms with Crippen LogP contribution in [0, 0.1) is 6.92 Å². The molecule has 2 N–H and O–H groups in total. The molecule has 0 spiro atoms. The SMILES string of the molecule is CN=C(NCc1ccc(S(C)(=O)=O)c(C)c1)NCC1(c2ccccc2OC)CC1.I. The molecule has 30 heavy (non-hydrogen) atoms. The van der Waals surface area contributed by atoms with Crippen LogP contribution < -0.4 is 15.4 Å². The molecule has 0 amide bonds. The third-order valence-corrected chi connectivity index (χ3v) is 6.71. The second-order valence-corrected chi connectivity index (χ2v) is 9.62. The lowest BCUT2D eigenvalue weighted by atomic mass is 9.95. The van der Waals surface area contributed by atoms with E-state index in [1.165, 1.54) is 11.8 Å². The quantitative estimate of drug-likeness (QED) is 0.318. The molecule has 0 atom stereocenters. The zero-order chi connectivity index (χ0) is 21.1. The van der Waals surface area contributed by atoms with Crippen molar-refractivity contribution in [3.8, 4) is 5.75 Å². The second-order valence-electron chi connectivity index (χ2n) is 7.63. The minimum absolute atomic E-state index is 0. The molecule has 0 aromatic heterocycles. The molecule has 3 rings (SSSR count). The number of guanidine groups is 1. The van der Waals surface area contributed by atoms with Crippen molar-refractivity contribution in [2.75, 3.05) is 27.0 Å². The average molecular weight is 543 g/mol. The standard InChI is InChI=1S/C22H29N3O3S.HI/c1-16-13-17(9-10-20(16)29(4,26)27)14-24-21(23-2)25-15-22(11-12-22)18-7-5-6-8-19(18)28-3;/h5-10,13H,11-12,14-15H2,1-4H3,(H2,23,24,25);1H. The normalized spacial score (nSPS) is 15.1. The van der Waals surface area contributed by atoms with Gasteiger partial charge < -0.3 is 15.4 Å². The highest BCUT2D eigenvalue weighted by molar-refractivity contribution is 14.0. The molecule has 1 fully saturated rings. The molecule has 2 aromatic rings. The first kappa shape index (κ1) is 24.5. The van der Waals surface area contributed by atoms with E-state index in [0.29, 0.717) is 11.4 Å². The third kappa shape index (κ3) is 5.66. The number of para-hydroxylation sites is 1. The number of hydrogen-bond donors (Lipinski definition) is 2. The maximum atomic E-state index is 11.8. The number of benzene rings is 2. The number of halogens is 1. The van der Waals surface area contributed by atoms with E-state index in [9.17, 15) is 8.42 Å². The number of methoxy groups -OCH3 is 1. The van der Waals surface area contributed by atoms with Crippen molar-refractivity contribution < 1.29 is 13.2 Å². The predicted octanol–water partition coefficient (Wildman–Crippen LogP) is 3.42. The fourth-order valence-corrected chi connectivity index (χ4v) is 4.63. The Hall–Kier alpha value is -1.81. The van der Waals surface area contributed by atoms with Crippen LogP contribution in [-0.4, -0.2) is 41.3 Å². The molecule has 6 nitrogen and oxygen atoms in total. The van der Waals surface area contributed by atoms with Gasteiger partial charge in [-0.3, -0.25) is 4.99 Å². The summed E-state index contributed by atoms with van der Waals surface area (Å²) >= 11 is 0. The summed E-state index contributed by atoms with van der Waals surface area (Å²) in [5.41, 5.74) is 3.07. The maximum Gasteiger partial charge on any atom is 0.191 e. The van der Waals surface area contributed by atoms with E-state index in [-0.39, 0.29) is 29.4 Å². The summed E-state index contributed by atoms with van der Waals surface area (Å²) in [6, 6.07) is 13.6. The monoisotopic (exact) mass is 543 g/mol. The van der Waals surface area contributed by atoms with Crippen LogP contribution in [0.1, 0.15) is 29.5 Å². The molecule has 0 bridgehead atoms. The maximum absolute atomic E-state index is 11.8. The number of hydrogen-bond acceptors (Lipinski definition) is 4. The number of ether oxygens (including phenoxy) is 1. The molecule has 0 aliphatic heterocycles. The van der Waals surface area contributed by atoms with Crippen molar-refractivity contribution in [1.29, 1.82) is 0 Å². The van der Waals surface area contributed by atoms with Gasteiger partial charge in [0, 0.05) is 37.4 Å². The van der Waals surface area contributed by atoms with Crippen LogP contribution in [-0.2, 0) is 21.8 Å². The van der Waals surface area contributed by atoms with Crippen LogP contribution in [0.15, 0.2) is 52.4 Å². The van der Waals surface area contributed by atoms with Gasteiger partial charge >= 0.3 is 0 Å². The number of rotatable bonds is 7. The van der Waals surface area contributed by atoms with Gasteiger partial charge in [0.1, 0.15) is 5.75 Å². The van der Waals surface area contributed by atoms with E-state index in [0.717, 1.165) is 42.2 Å². The van der Waals surface area contributed by atoms with Gasteiger partial charge in [0.05, 0.1) is 12.0 Å². The Morgan fingerprint density at radius 1 is 1.17 bits per heavy atom. The van der Waals surface area contributed by atoms with E-state index >= 15 is 0 Å². The van der Waals surface area contributed by atoms with E-state index in [2.05, 4.69) is 21.7 Å². The smallest absolute Gasteiger partial charge is 0.191 e. The van der Waals surface area contributed by atoms with Crippen molar-refractivity contribution in [3.05, 3.63) is 59.2 Å². The lowest BCUT2D eigenvalue weighted by Gasteiger charge is -2.21. The Kier molecular flexibility index (Phi) is 8.15. The molecule has 1 saturated carbocycles. The van der Waals surface area contributed by atoms with Gasteiger partial charge in [0.2, 0.25) is 0 Å². The first-order valence-corrected chi connectivity index (χ1v) is 11.6. The second kappa shape index (κ2) is 10.00. The zero-order valence-electron chi connectivity index (χ0n) is 17.9. The molecule has 0 unspecified atom stereocenters. The first-order valence-electron chi connectivity index (χ1n) is 9.67. The van der Waals surface area contributed by atoms with Gasteiger partial charge in [-0.2, -0.15) is 0 Å². The molecule has 8 heteroatoms. The lowest BCUT2D eigenvalue weighted by molar-refractivity contribution is 0.403. The summed E-state index contributed by atoms with van der Waals surface area (Å²) in [4.78, 5) is 4.69. The van der Waals surface area contributed by atoms with Gasteiger partial charge in [-0.05, 0) is 43.0 Å². The Morgan fingerprint density at radius 2 is 1.87 bits per heavy atom. The first-order chi connectivity index (χ1) is 13.8. The predicted molar refractivity (Wildman–Crippen MR) is 132 cm³/mol. The fourth-order valence-electron chi connectivity index (χ4n) is 3.67. The topological polar surface area (TPSA) is 79.8 Å². The number of sulfone groups is 1. The molecule has 0 saturated heterocycles. The van der Waals surface area contributed by atoms with Gasteiger partial charge in [-0.15, -0.1) is 24.0 Å². The van der Waals surface area contributed by atoms with Crippen molar-refractivity contribution in [1.82, 2.24) is 10.6 Å². The Morgan fingerprint density at radius 3 is 2.43 bits per heavy atom. The van der Waals surface area contributed by atoms with Crippen molar-refractivity contribution in [2.24, 2.45) is 4.99 Å². The van der Waals surface area contributed by atoms with Crippen LogP contribution in [0.5, 0.6) is 5.75 Å². The molecular weight excluding hydrogens is 513 g/mol. The number of nitrogens with one attached hydrogen (secondary N) is 2. The van der Waals surface area contributed by atoms with Crippen LogP contribution in [0.2, 0.25) is 0 Å². The third-order valence-electron chi connectivity index (χ3n) is 5.45. The Bertz CT molecular complexity index is 1020. The highest BCUT2D eigenvalue weighted by Crippen LogP contribution is 2.50. The summed E-state index contributed by atoms with van der Waals surface area (Å²) in [6.45, 7) is 3.16. The Labute approximate surface area is 196 Å². The van der Waals surface area contributed by atoms with Gasteiger partial charge in [-0.25, -0.2) is 8.42 Å². The van der Waals surface area contributed by atoms with Crippen molar-refractivity contribution in [3.63, 3.8) is 0 Å². The molecule has 1 aliphatic rings. The van der Waals surface area contributed by atoms with Crippen LogP contribution in [0.25, 0.3) is 0 Å². The van der Waals surface area contributed by atoms with E-state index in [4.69, 9.17) is 4.74 Å². The van der Waals surface area contributed by atoms with Gasteiger partial charge in [0.25, 0.3) is 0 Å². The van der Waals surface area contributed by atoms with Crippen LogP contribution >= 0.6 is 24.0 Å². The van der Waals surface area contributed by atoms with Crippen LogP contribution in [0.4, 0.5) is 0 Å². The van der Waals surface area contributed by atoms with Gasteiger partial charge in [0.15, 0.2) is 15.8 Å². The van der Waals surface area contributed by atoms with Gasteiger partial charge in [-0.1, -0.05) is 30.3 Å². The summed E-state index contributed by atoms with van der Waals surface area (Å²) in [5.74, 6) is 1.65. The fraction of sp³-hybridized carbons (Fsp3) is 0.409. The van der Waals surface area contributed by atoms with E-state index < -0.39 is 9.84 Å². The highest BCUT2D eigenvalue weighted by atomic mass is 127. The molecular formula is C22H30IN3O3S. The molecule has 164 valence electrons. The number of nitrogens with zero attached hydrogens (tertiary/aromatic N) is 1. The largest absolute Gasteiger partial charge is 0.496 e. The number of aliphatic imine (C=N–C) groups is 1. The zero-order valence-corrected chi connectivity index (χ0v) is 21.0. The van der Waals surface area contributed by atoms with E-state index in [1.807, 2.05) is 37.3 Å². The summed E-state index contributed by atoms with van der Waals surface area (Å²) in [5, 5.41) is 6.74. The molecule has 2 aromatic carbocycles. The summed E-state index contributed by atoms with van der Waals surface area (Å²) < 4.78 is 29.1. The lowest BCUT2D eigenvalue weighted by Crippen LogP contribution is -2.41. The summed E-state index contributed by atoms with van der Waals surface area (Å²) in [7, 11) is 0.251. The van der Waals surface area contributed by atoms with E-state index in [1.54, 1.807) is 20.2 Å². The summed E-state index contributed by atoms with van der Waals surface area (Å²) in [6.07, 6.45) is 3.46. The molecule has 0 radical (unpaired) electrons. The molecule has 0 heterocycles. The Balaban J connectivity index is 0.00000320. The average Bonchev–Trinajstić information content (AvgIpc) is 3.48. The highest BCUT2D eigenvalue weighted by Gasteiger charge is 2.46. The molecule has 1 aliphatic carbocycles. The van der Waals surface area contributed by atoms with Crippen LogP contribution in [0.3, 0.4) is 0 Å². The number of aryl methyl sites for hydroxylation is 1. The van der Waals surface area contributed by atoms with Crippen molar-refractivity contribution in [2.45, 2.75) is 36.6 Å². The minimum atomic E-state index is -3.20. The minimum Gasteiger partial charge on any atom is -0.496 e.